The molecule has 0 fully saturated rings. The number of hydrogen-bond donors (Lipinski definition) is 1. The van der Waals surface area contributed by atoms with Crippen molar-refractivity contribution in [3.05, 3.63) is 103 Å². The number of rotatable bonds is 7. The Hall–Kier alpha value is -3.27. The predicted molar refractivity (Wildman–Crippen MR) is 118 cm³/mol. The van der Waals surface area contributed by atoms with Crippen molar-refractivity contribution in [1.82, 2.24) is 5.43 Å². The third-order valence-electron chi connectivity index (χ3n) is 3.92. The fourth-order valence-electron chi connectivity index (χ4n) is 2.36. The molecule has 7 nitrogen and oxygen atoms in total. The number of hydrogen-bond acceptors (Lipinski definition) is 5. The SMILES string of the molecule is O=C(N/N=C\c1ccc(OCc2ccc(I)cc2)cc1)c1ccc([N+](=O)[O-])cc1. The largest absolute Gasteiger partial charge is 0.489 e. The number of hydrazone groups is 1. The van der Waals surface area contributed by atoms with Crippen LogP contribution in [0.4, 0.5) is 5.69 Å². The van der Waals surface area contributed by atoms with Crippen LogP contribution < -0.4 is 10.2 Å². The minimum Gasteiger partial charge on any atom is -0.489 e. The Morgan fingerprint density at radius 1 is 1.03 bits per heavy atom. The van der Waals surface area contributed by atoms with E-state index < -0.39 is 10.8 Å². The normalized spacial score (nSPS) is 10.7. The standard InChI is InChI=1S/C21H16IN3O4/c22-18-7-1-16(2-8-18)14-29-20-11-3-15(4-12-20)13-23-24-21(26)17-5-9-19(10-6-17)25(27)28/h1-13H,14H2,(H,24,26)/b23-13-. The Morgan fingerprint density at radius 2 is 1.69 bits per heavy atom. The quantitative estimate of drug-likeness (QED) is 0.223. The summed E-state index contributed by atoms with van der Waals surface area (Å²) in [5.74, 6) is 0.282. The molecule has 0 heterocycles. The van der Waals surface area contributed by atoms with Crippen LogP contribution in [0.2, 0.25) is 0 Å². The average Bonchev–Trinajstić information content (AvgIpc) is 2.74. The van der Waals surface area contributed by atoms with Gasteiger partial charge < -0.3 is 4.74 Å². The molecule has 0 unspecified atom stereocenters. The molecule has 3 aromatic rings. The Balaban J connectivity index is 1.50. The lowest BCUT2D eigenvalue weighted by Crippen LogP contribution is -2.17. The van der Waals surface area contributed by atoms with Crippen molar-refractivity contribution in [2.24, 2.45) is 5.10 Å². The van der Waals surface area contributed by atoms with Crippen LogP contribution in [0.1, 0.15) is 21.5 Å². The van der Waals surface area contributed by atoms with Gasteiger partial charge in [-0.2, -0.15) is 5.10 Å². The summed E-state index contributed by atoms with van der Waals surface area (Å²) in [5, 5.41) is 14.5. The topological polar surface area (TPSA) is 93.8 Å². The summed E-state index contributed by atoms with van der Waals surface area (Å²) >= 11 is 2.26. The molecule has 0 aliphatic carbocycles. The minimum absolute atomic E-state index is 0.0746. The van der Waals surface area contributed by atoms with Crippen LogP contribution in [0, 0.1) is 13.7 Å². The van der Waals surface area contributed by atoms with Gasteiger partial charge in [-0.3, -0.25) is 14.9 Å². The molecule has 29 heavy (non-hydrogen) atoms. The molecule has 1 N–H and O–H groups in total. The molecule has 0 aliphatic rings. The number of nitrogens with zero attached hydrogens (tertiary/aromatic N) is 2. The number of benzene rings is 3. The van der Waals surface area contributed by atoms with E-state index in [0.29, 0.717) is 6.61 Å². The molecular weight excluding hydrogens is 485 g/mol. The van der Waals surface area contributed by atoms with Gasteiger partial charge in [0, 0.05) is 21.3 Å². The smallest absolute Gasteiger partial charge is 0.271 e. The number of carbonyl (C=O) groups is 1. The van der Waals surface area contributed by atoms with Gasteiger partial charge in [-0.15, -0.1) is 0 Å². The number of halogens is 1. The monoisotopic (exact) mass is 501 g/mol. The number of nitro benzene ring substituents is 1. The number of non-ortho nitro benzene ring substituents is 1. The summed E-state index contributed by atoms with van der Waals surface area (Å²) in [6.07, 6.45) is 1.51. The first-order valence-electron chi connectivity index (χ1n) is 8.56. The highest BCUT2D eigenvalue weighted by Gasteiger charge is 2.08. The van der Waals surface area contributed by atoms with E-state index in [-0.39, 0.29) is 11.3 Å². The number of nitro groups is 1. The Labute approximate surface area is 180 Å². The van der Waals surface area contributed by atoms with Crippen LogP contribution in [0.25, 0.3) is 0 Å². The van der Waals surface area contributed by atoms with E-state index in [1.165, 1.54) is 34.1 Å². The Bertz CT molecular complexity index is 1020. The molecule has 3 aromatic carbocycles. The van der Waals surface area contributed by atoms with Crippen molar-refractivity contribution in [3.63, 3.8) is 0 Å². The molecule has 0 bridgehead atoms. The molecule has 0 saturated heterocycles. The van der Waals surface area contributed by atoms with Gasteiger partial charge in [-0.05, 0) is 82.2 Å². The van der Waals surface area contributed by atoms with Crippen LogP contribution in [-0.4, -0.2) is 17.0 Å². The Kier molecular flexibility index (Phi) is 6.90. The van der Waals surface area contributed by atoms with E-state index in [0.717, 1.165) is 16.9 Å². The molecule has 1 amide bonds. The third-order valence-corrected chi connectivity index (χ3v) is 4.64. The number of nitrogens with one attached hydrogen (secondary N) is 1. The number of amides is 1. The highest BCUT2D eigenvalue weighted by Crippen LogP contribution is 2.15. The maximum absolute atomic E-state index is 12.0. The molecule has 0 radical (unpaired) electrons. The fourth-order valence-corrected chi connectivity index (χ4v) is 2.72. The second kappa shape index (κ2) is 9.78. The first-order valence-corrected chi connectivity index (χ1v) is 9.64. The van der Waals surface area contributed by atoms with E-state index >= 15 is 0 Å². The fraction of sp³-hybridized carbons (Fsp3) is 0.0476. The lowest BCUT2D eigenvalue weighted by Gasteiger charge is -2.06. The maximum Gasteiger partial charge on any atom is 0.271 e. The van der Waals surface area contributed by atoms with Gasteiger partial charge in [-0.25, -0.2) is 5.43 Å². The summed E-state index contributed by atoms with van der Waals surface area (Å²) < 4.78 is 6.93. The van der Waals surface area contributed by atoms with Crippen molar-refractivity contribution in [1.29, 1.82) is 0 Å². The third kappa shape index (κ3) is 6.11. The summed E-state index contributed by atoms with van der Waals surface area (Å²) in [6.45, 7) is 0.482. The van der Waals surface area contributed by atoms with E-state index in [1.807, 2.05) is 48.5 Å². The first-order chi connectivity index (χ1) is 14.0. The number of ether oxygens (including phenoxy) is 1. The summed E-state index contributed by atoms with van der Waals surface area (Å²) in [4.78, 5) is 22.1. The predicted octanol–water partition coefficient (Wildman–Crippen LogP) is 4.54. The van der Waals surface area contributed by atoms with Crippen LogP contribution in [0.3, 0.4) is 0 Å². The maximum atomic E-state index is 12.0. The Morgan fingerprint density at radius 3 is 2.31 bits per heavy atom. The molecule has 8 heteroatoms. The summed E-state index contributed by atoms with van der Waals surface area (Å²) in [7, 11) is 0. The lowest BCUT2D eigenvalue weighted by molar-refractivity contribution is -0.384. The van der Waals surface area contributed by atoms with Crippen molar-refractivity contribution in [3.8, 4) is 5.75 Å². The van der Waals surface area contributed by atoms with Gasteiger partial charge in [0.25, 0.3) is 11.6 Å². The lowest BCUT2D eigenvalue weighted by atomic mass is 10.2. The van der Waals surface area contributed by atoms with Crippen molar-refractivity contribution < 1.29 is 14.5 Å². The minimum atomic E-state index is -0.520. The van der Waals surface area contributed by atoms with Crippen LogP contribution >= 0.6 is 22.6 Å². The number of carbonyl (C=O) groups excluding carboxylic acids is 1. The second-order valence-corrected chi connectivity index (χ2v) is 7.23. The van der Waals surface area contributed by atoms with E-state index in [1.54, 1.807) is 0 Å². The highest BCUT2D eigenvalue weighted by molar-refractivity contribution is 14.1. The van der Waals surface area contributed by atoms with Gasteiger partial charge in [0.15, 0.2) is 0 Å². The van der Waals surface area contributed by atoms with Gasteiger partial charge in [0.2, 0.25) is 0 Å². The average molecular weight is 501 g/mol. The van der Waals surface area contributed by atoms with Gasteiger partial charge in [0.05, 0.1) is 11.1 Å². The van der Waals surface area contributed by atoms with Crippen LogP contribution in [-0.2, 0) is 6.61 Å². The second-order valence-electron chi connectivity index (χ2n) is 5.99. The molecule has 0 aromatic heterocycles. The van der Waals surface area contributed by atoms with E-state index in [9.17, 15) is 14.9 Å². The van der Waals surface area contributed by atoms with Crippen molar-refractivity contribution in [2.75, 3.05) is 0 Å². The molecule has 0 saturated carbocycles. The van der Waals surface area contributed by atoms with Crippen LogP contribution in [0.15, 0.2) is 77.9 Å². The highest BCUT2D eigenvalue weighted by atomic mass is 127. The molecule has 0 aliphatic heterocycles. The molecule has 3 rings (SSSR count). The van der Waals surface area contributed by atoms with Crippen molar-refractivity contribution in [2.45, 2.75) is 6.61 Å². The first kappa shape index (κ1) is 20.5. The van der Waals surface area contributed by atoms with Gasteiger partial charge in [0.1, 0.15) is 12.4 Å². The van der Waals surface area contributed by atoms with E-state index in [2.05, 4.69) is 33.1 Å². The molecule has 0 spiro atoms. The molecular formula is C21H16IN3O4. The summed E-state index contributed by atoms with van der Waals surface area (Å²) in [6, 6.07) is 20.7. The van der Waals surface area contributed by atoms with Gasteiger partial charge >= 0.3 is 0 Å². The van der Waals surface area contributed by atoms with Gasteiger partial charge in [-0.1, -0.05) is 12.1 Å². The molecule has 0 atom stereocenters. The zero-order valence-corrected chi connectivity index (χ0v) is 17.3. The summed E-state index contributed by atoms with van der Waals surface area (Å²) in [5.41, 5.74) is 4.48. The van der Waals surface area contributed by atoms with Crippen molar-refractivity contribution >= 4 is 40.4 Å². The zero-order chi connectivity index (χ0) is 20.6. The van der Waals surface area contributed by atoms with Crippen LogP contribution in [0.5, 0.6) is 5.75 Å². The molecule has 146 valence electrons. The van der Waals surface area contributed by atoms with E-state index in [4.69, 9.17) is 4.74 Å². The zero-order valence-electron chi connectivity index (χ0n) is 15.1.